The van der Waals surface area contributed by atoms with Crippen LogP contribution in [-0.4, -0.2) is 40.1 Å². The van der Waals surface area contributed by atoms with Gasteiger partial charge in [0.15, 0.2) is 0 Å². The summed E-state index contributed by atoms with van der Waals surface area (Å²) in [7, 11) is -7.56. The molecule has 0 bridgehead atoms. The Morgan fingerprint density at radius 3 is 2.17 bits per heavy atom. The molecule has 0 radical (unpaired) electrons. The van der Waals surface area contributed by atoms with Crippen molar-refractivity contribution in [2.24, 2.45) is 0 Å². The van der Waals surface area contributed by atoms with Crippen LogP contribution in [0.4, 0.5) is 11.4 Å². The van der Waals surface area contributed by atoms with E-state index in [0.29, 0.717) is 24.5 Å². The highest BCUT2D eigenvalue weighted by Gasteiger charge is 2.28. The molecule has 2 N–H and O–H groups in total. The summed E-state index contributed by atoms with van der Waals surface area (Å²) in [5.41, 5.74) is 2.54. The molecule has 0 aromatic heterocycles. The van der Waals surface area contributed by atoms with E-state index in [-0.39, 0.29) is 20.4 Å². The molecule has 36 heavy (non-hydrogen) atoms. The second-order valence-corrected chi connectivity index (χ2v) is 12.7. The van der Waals surface area contributed by atoms with Gasteiger partial charge in [0.1, 0.15) is 0 Å². The lowest BCUT2D eigenvalue weighted by molar-refractivity contribution is 0.102. The Bertz CT molecular complexity index is 1520. The second-order valence-electron chi connectivity index (χ2n) is 8.66. The summed E-state index contributed by atoms with van der Waals surface area (Å²) in [6, 6.07) is 15.2. The molecule has 1 fully saturated rings. The van der Waals surface area contributed by atoms with Crippen LogP contribution in [0, 0.1) is 13.8 Å². The minimum Gasteiger partial charge on any atom is -0.322 e. The first-order chi connectivity index (χ1) is 17.0. The Labute approximate surface area is 216 Å². The van der Waals surface area contributed by atoms with E-state index in [1.807, 2.05) is 26.0 Å². The third-order valence-corrected chi connectivity index (χ3v) is 9.55. The lowest BCUT2D eigenvalue weighted by Gasteiger charge is -2.16. The van der Waals surface area contributed by atoms with Crippen LogP contribution in [0.1, 0.15) is 34.3 Å². The monoisotopic (exact) mass is 547 g/mol. The molecule has 0 saturated carbocycles. The van der Waals surface area contributed by atoms with E-state index in [1.165, 1.54) is 46.8 Å². The second kappa shape index (κ2) is 10.2. The summed E-state index contributed by atoms with van der Waals surface area (Å²) >= 11 is 6.20. The first-order valence-electron chi connectivity index (χ1n) is 11.3. The van der Waals surface area contributed by atoms with Crippen LogP contribution >= 0.6 is 11.6 Å². The van der Waals surface area contributed by atoms with Gasteiger partial charge in [0.25, 0.3) is 15.9 Å². The zero-order valence-electron chi connectivity index (χ0n) is 19.8. The van der Waals surface area contributed by atoms with Gasteiger partial charge in [0, 0.05) is 18.8 Å². The molecule has 0 atom stereocenters. The van der Waals surface area contributed by atoms with E-state index in [0.717, 1.165) is 24.0 Å². The molecule has 11 heteroatoms. The lowest BCUT2D eigenvalue weighted by Crippen LogP contribution is -2.28. The zero-order chi connectivity index (χ0) is 26.1. The zero-order valence-corrected chi connectivity index (χ0v) is 22.2. The number of halogens is 1. The number of amides is 1. The topological polar surface area (TPSA) is 113 Å². The summed E-state index contributed by atoms with van der Waals surface area (Å²) in [6.45, 7) is 4.57. The van der Waals surface area contributed by atoms with Gasteiger partial charge >= 0.3 is 0 Å². The van der Waals surface area contributed by atoms with Gasteiger partial charge in [0.2, 0.25) is 10.0 Å². The molecule has 1 amide bonds. The van der Waals surface area contributed by atoms with E-state index in [2.05, 4.69) is 10.0 Å². The average Bonchev–Trinajstić information content (AvgIpc) is 3.38. The third kappa shape index (κ3) is 5.57. The quantitative estimate of drug-likeness (QED) is 0.441. The van der Waals surface area contributed by atoms with E-state index in [1.54, 1.807) is 6.07 Å². The van der Waals surface area contributed by atoms with Gasteiger partial charge in [-0.3, -0.25) is 9.52 Å². The van der Waals surface area contributed by atoms with E-state index < -0.39 is 26.0 Å². The van der Waals surface area contributed by atoms with Gasteiger partial charge < -0.3 is 5.32 Å². The van der Waals surface area contributed by atoms with Crippen molar-refractivity contribution in [2.75, 3.05) is 23.1 Å². The van der Waals surface area contributed by atoms with Gasteiger partial charge in [-0.1, -0.05) is 23.7 Å². The molecule has 1 heterocycles. The highest BCUT2D eigenvalue weighted by atomic mass is 35.5. The highest BCUT2D eigenvalue weighted by Crippen LogP contribution is 2.27. The van der Waals surface area contributed by atoms with Crippen LogP contribution < -0.4 is 10.0 Å². The van der Waals surface area contributed by atoms with Crippen molar-refractivity contribution in [3.8, 4) is 0 Å². The molecule has 0 unspecified atom stereocenters. The number of carbonyl (C=O) groups excluding carboxylic acids is 1. The number of nitrogens with one attached hydrogen (secondary N) is 2. The number of sulfonamides is 2. The number of carbonyl (C=O) groups is 1. The predicted octanol–water partition coefficient (Wildman–Crippen LogP) is 4.79. The lowest BCUT2D eigenvalue weighted by atomic mass is 10.1. The highest BCUT2D eigenvalue weighted by molar-refractivity contribution is 7.92. The molecule has 8 nitrogen and oxygen atoms in total. The standard InChI is InChI=1S/C25H26ClN3O5S2/c1-17-5-6-18(2)24(15-17)28-35(31,32)20-9-7-19(8-10-20)27-25(30)22-16-21(11-12-23(22)26)36(33,34)29-13-3-4-14-29/h5-12,15-16,28H,3-4,13-14H2,1-2H3,(H,27,30). The van der Waals surface area contributed by atoms with Gasteiger partial charge in [-0.05, 0) is 86.3 Å². The third-order valence-electron chi connectivity index (χ3n) is 5.95. The SMILES string of the molecule is Cc1ccc(C)c(NS(=O)(=O)c2ccc(NC(=O)c3cc(S(=O)(=O)N4CCCC4)ccc3Cl)cc2)c1. The number of rotatable bonds is 7. The number of anilines is 2. The molecule has 3 aromatic carbocycles. The summed E-state index contributed by atoms with van der Waals surface area (Å²) < 4.78 is 55.4. The van der Waals surface area contributed by atoms with Crippen molar-refractivity contribution in [1.82, 2.24) is 4.31 Å². The molecule has 0 spiro atoms. The minimum absolute atomic E-state index is 0.00194. The van der Waals surface area contributed by atoms with Gasteiger partial charge in [-0.25, -0.2) is 16.8 Å². The number of benzene rings is 3. The Morgan fingerprint density at radius 1 is 0.861 bits per heavy atom. The predicted molar refractivity (Wildman–Crippen MR) is 141 cm³/mol. The van der Waals surface area contributed by atoms with Crippen LogP contribution in [0.15, 0.2) is 70.5 Å². The molecule has 3 aromatic rings. The van der Waals surface area contributed by atoms with Crippen LogP contribution in [-0.2, 0) is 20.0 Å². The molecule has 0 aliphatic carbocycles. The number of nitrogens with zero attached hydrogens (tertiary/aromatic N) is 1. The normalized spacial score (nSPS) is 14.5. The maximum Gasteiger partial charge on any atom is 0.261 e. The molecule has 1 saturated heterocycles. The van der Waals surface area contributed by atoms with Crippen LogP contribution in [0.25, 0.3) is 0 Å². The summed E-state index contributed by atoms with van der Waals surface area (Å²) in [5.74, 6) is -0.609. The van der Waals surface area contributed by atoms with Crippen LogP contribution in [0.2, 0.25) is 5.02 Å². The molecule has 1 aliphatic heterocycles. The smallest absolute Gasteiger partial charge is 0.261 e. The van der Waals surface area contributed by atoms with Gasteiger partial charge in [-0.2, -0.15) is 4.31 Å². The number of aryl methyl sites for hydroxylation is 2. The van der Waals surface area contributed by atoms with Crippen molar-refractivity contribution in [3.63, 3.8) is 0 Å². The maximum absolute atomic E-state index is 12.9. The van der Waals surface area contributed by atoms with E-state index in [9.17, 15) is 21.6 Å². The average molecular weight is 548 g/mol. The molecule has 4 rings (SSSR count). The minimum atomic E-state index is -3.84. The molecule has 190 valence electrons. The fourth-order valence-corrected chi connectivity index (χ4v) is 6.75. The fourth-order valence-electron chi connectivity index (χ4n) is 3.88. The Hall–Kier alpha value is -2.92. The Balaban J connectivity index is 1.51. The molecular formula is C25H26ClN3O5S2. The van der Waals surface area contributed by atoms with Crippen molar-refractivity contribution >= 4 is 48.9 Å². The van der Waals surface area contributed by atoms with Crippen LogP contribution in [0.5, 0.6) is 0 Å². The Morgan fingerprint density at radius 2 is 1.50 bits per heavy atom. The summed E-state index contributed by atoms with van der Waals surface area (Å²) in [4.78, 5) is 12.9. The van der Waals surface area contributed by atoms with E-state index in [4.69, 9.17) is 11.6 Å². The van der Waals surface area contributed by atoms with Crippen molar-refractivity contribution < 1.29 is 21.6 Å². The molecular weight excluding hydrogens is 522 g/mol. The van der Waals surface area contributed by atoms with Gasteiger partial charge in [0.05, 0.1) is 26.1 Å². The number of hydrogen-bond acceptors (Lipinski definition) is 5. The number of hydrogen-bond donors (Lipinski definition) is 2. The van der Waals surface area contributed by atoms with Crippen molar-refractivity contribution in [2.45, 2.75) is 36.5 Å². The first-order valence-corrected chi connectivity index (χ1v) is 14.6. The molecule has 1 aliphatic rings. The maximum atomic E-state index is 12.9. The Kier molecular flexibility index (Phi) is 7.42. The summed E-state index contributed by atoms with van der Waals surface area (Å²) in [6.07, 6.45) is 1.60. The van der Waals surface area contributed by atoms with E-state index >= 15 is 0 Å². The van der Waals surface area contributed by atoms with Gasteiger partial charge in [-0.15, -0.1) is 0 Å². The van der Waals surface area contributed by atoms with Crippen LogP contribution in [0.3, 0.4) is 0 Å². The largest absolute Gasteiger partial charge is 0.322 e. The fraction of sp³-hybridized carbons (Fsp3) is 0.240. The van der Waals surface area contributed by atoms with Crippen molar-refractivity contribution in [1.29, 1.82) is 0 Å². The first kappa shape index (κ1) is 26.2. The summed E-state index contributed by atoms with van der Waals surface area (Å²) in [5, 5.41) is 2.75. The van der Waals surface area contributed by atoms with Crippen molar-refractivity contribution in [3.05, 3.63) is 82.4 Å².